The summed E-state index contributed by atoms with van der Waals surface area (Å²) < 4.78 is 38.8. The van der Waals surface area contributed by atoms with Crippen molar-refractivity contribution in [2.24, 2.45) is 5.92 Å². The first-order valence-corrected chi connectivity index (χ1v) is 6.54. The number of nitrogens with zero attached hydrogens (tertiary/aromatic N) is 2. The second-order valence-electron chi connectivity index (χ2n) is 5.07. The van der Waals surface area contributed by atoms with Crippen LogP contribution in [0.5, 0.6) is 0 Å². The van der Waals surface area contributed by atoms with Gasteiger partial charge in [0.05, 0.1) is 4.92 Å². The van der Waals surface area contributed by atoms with Crippen LogP contribution >= 0.6 is 0 Å². The molecule has 1 aromatic rings. The standard InChI is InChI=1S/C13H15F3N2O3/c14-13(15,16)11-7-10(1-2-12(11)18(20)21)17-5-3-9(8-17)4-6-19/h1-2,7,9,19H,3-6,8H2/t9-/m1/s1. The molecule has 0 aromatic heterocycles. The Hall–Kier alpha value is -1.83. The lowest BCUT2D eigenvalue weighted by molar-refractivity contribution is -0.388. The van der Waals surface area contributed by atoms with Crippen LogP contribution in [0.25, 0.3) is 0 Å². The van der Waals surface area contributed by atoms with E-state index in [1.165, 1.54) is 6.07 Å². The number of rotatable bonds is 4. The topological polar surface area (TPSA) is 66.6 Å². The van der Waals surface area contributed by atoms with E-state index < -0.39 is 22.4 Å². The van der Waals surface area contributed by atoms with Gasteiger partial charge in [-0.25, -0.2) is 0 Å². The minimum absolute atomic E-state index is 0.0482. The van der Waals surface area contributed by atoms with E-state index in [9.17, 15) is 23.3 Å². The smallest absolute Gasteiger partial charge is 0.396 e. The summed E-state index contributed by atoms with van der Waals surface area (Å²) in [6, 6.07) is 3.08. The first kappa shape index (κ1) is 15.6. The molecule has 0 unspecified atom stereocenters. The Bertz CT molecular complexity index is 534. The Morgan fingerprint density at radius 2 is 2.14 bits per heavy atom. The number of aliphatic hydroxyl groups is 1. The number of anilines is 1. The zero-order valence-electron chi connectivity index (χ0n) is 11.1. The van der Waals surface area contributed by atoms with Crippen LogP contribution in [0, 0.1) is 16.0 Å². The van der Waals surface area contributed by atoms with Crippen molar-refractivity contribution in [2.45, 2.75) is 19.0 Å². The van der Waals surface area contributed by atoms with Gasteiger partial charge in [-0.3, -0.25) is 10.1 Å². The number of alkyl halides is 3. The summed E-state index contributed by atoms with van der Waals surface area (Å²) in [5, 5.41) is 19.6. The van der Waals surface area contributed by atoms with E-state index >= 15 is 0 Å². The van der Waals surface area contributed by atoms with E-state index in [0.29, 0.717) is 25.2 Å². The van der Waals surface area contributed by atoms with Gasteiger partial charge in [0.2, 0.25) is 0 Å². The first-order valence-electron chi connectivity index (χ1n) is 6.54. The number of halogens is 3. The first-order chi connectivity index (χ1) is 9.82. The number of nitro benzene ring substituents is 1. The molecule has 0 bridgehead atoms. The van der Waals surface area contributed by atoms with Crippen LogP contribution in [0.4, 0.5) is 24.5 Å². The van der Waals surface area contributed by atoms with Crippen molar-refractivity contribution in [2.75, 3.05) is 24.6 Å². The van der Waals surface area contributed by atoms with Crippen molar-refractivity contribution < 1.29 is 23.2 Å². The lowest BCUT2D eigenvalue weighted by Crippen LogP contribution is -2.21. The van der Waals surface area contributed by atoms with Gasteiger partial charge in [0.25, 0.3) is 5.69 Å². The highest BCUT2D eigenvalue weighted by Gasteiger charge is 2.39. The molecule has 2 rings (SSSR count). The van der Waals surface area contributed by atoms with Crippen LogP contribution in [0.1, 0.15) is 18.4 Å². The lowest BCUT2D eigenvalue weighted by Gasteiger charge is -2.20. The molecule has 1 saturated heterocycles. The fourth-order valence-electron chi connectivity index (χ4n) is 2.59. The van der Waals surface area contributed by atoms with E-state index in [0.717, 1.165) is 18.6 Å². The molecule has 1 heterocycles. The van der Waals surface area contributed by atoms with E-state index in [1.807, 2.05) is 0 Å². The van der Waals surface area contributed by atoms with Crippen LogP contribution < -0.4 is 4.90 Å². The molecule has 1 atom stereocenters. The molecule has 1 aromatic carbocycles. The van der Waals surface area contributed by atoms with Gasteiger partial charge in [-0.2, -0.15) is 13.2 Å². The zero-order chi connectivity index (χ0) is 15.6. The van der Waals surface area contributed by atoms with Crippen molar-refractivity contribution in [1.82, 2.24) is 0 Å². The molecular formula is C13H15F3N2O3. The molecule has 0 aliphatic carbocycles. The third kappa shape index (κ3) is 3.44. The molecule has 1 aliphatic heterocycles. The molecule has 0 saturated carbocycles. The molecule has 0 spiro atoms. The highest BCUT2D eigenvalue weighted by molar-refractivity contribution is 5.57. The fraction of sp³-hybridized carbons (Fsp3) is 0.538. The maximum Gasteiger partial charge on any atom is 0.423 e. The molecule has 21 heavy (non-hydrogen) atoms. The van der Waals surface area contributed by atoms with Crippen LogP contribution in [-0.4, -0.2) is 29.7 Å². The van der Waals surface area contributed by atoms with Gasteiger partial charge in [-0.1, -0.05) is 0 Å². The predicted molar refractivity (Wildman–Crippen MR) is 70.1 cm³/mol. The van der Waals surface area contributed by atoms with Crippen molar-refractivity contribution in [3.05, 3.63) is 33.9 Å². The van der Waals surface area contributed by atoms with E-state index in [2.05, 4.69) is 0 Å². The Morgan fingerprint density at radius 3 is 2.71 bits per heavy atom. The monoisotopic (exact) mass is 304 g/mol. The van der Waals surface area contributed by atoms with Crippen LogP contribution in [0.3, 0.4) is 0 Å². The number of nitro groups is 1. The molecule has 116 valence electrons. The summed E-state index contributed by atoms with van der Waals surface area (Å²) >= 11 is 0. The molecule has 5 nitrogen and oxygen atoms in total. The highest BCUT2D eigenvalue weighted by atomic mass is 19.4. The van der Waals surface area contributed by atoms with Crippen LogP contribution in [0.2, 0.25) is 0 Å². The predicted octanol–water partition coefficient (Wildman–Crippen LogP) is 2.82. The lowest BCUT2D eigenvalue weighted by atomic mass is 10.1. The minimum Gasteiger partial charge on any atom is -0.396 e. The second-order valence-corrected chi connectivity index (χ2v) is 5.07. The van der Waals surface area contributed by atoms with E-state index in [-0.39, 0.29) is 12.5 Å². The summed E-state index contributed by atoms with van der Waals surface area (Å²) in [7, 11) is 0. The summed E-state index contributed by atoms with van der Waals surface area (Å²) in [6.45, 7) is 1.18. The highest BCUT2D eigenvalue weighted by Crippen LogP contribution is 2.39. The molecule has 1 N–H and O–H groups in total. The van der Waals surface area contributed by atoms with Gasteiger partial charge >= 0.3 is 6.18 Å². The van der Waals surface area contributed by atoms with Gasteiger partial charge in [0.1, 0.15) is 5.56 Å². The molecule has 0 amide bonds. The maximum absolute atomic E-state index is 12.9. The van der Waals surface area contributed by atoms with Gasteiger partial charge in [-0.05, 0) is 30.9 Å². The summed E-state index contributed by atoms with van der Waals surface area (Å²) in [6.07, 6.45) is -3.36. The van der Waals surface area contributed by atoms with Crippen molar-refractivity contribution >= 4 is 11.4 Å². The second kappa shape index (κ2) is 5.88. The SMILES string of the molecule is O=[N+]([O-])c1ccc(N2CC[C@H](CCO)C2)cc1C(F)(F)F. The molecule has 0 radical (unpaired) electrons. The number of aliphatic hydroxyl groups excluding tert-OH is 1. The number of hydrogen-bond donors (Lipinski definition) is 1. The zero-order valence-corrected chi connectivity index (χ0v) is 11.1. The van der Waals surface area contributed by atoms with Gasteiger partial charge < -0.3 is 10.0 Å². The molecule has 1 fully saturated rings. The van der Waals surface area contributed by atoms with Crippen molar-refractivity contribution in [1.29, 1.82) is 0 Å². The summed E-state index contributed by atoms with van der Waals surface area (Å²) in [4.78, 5) is 11.4. The molecule has 8 heteroatoms. The Morgan fingerprint density at radius 1 is 1.43 bits per heavy atom. The van der Waals surface area contributed by atoms with Crippen molar-refractivity contribution in [3.63, 3.8) is 0 Å². The normalized spacial score (nSPS) is 19.0. The van der Waals surface area contributed by atoms with Crippen LogP contribution in [0.15, 0.2) is 18.2 Å². The van der Waals surface area contributed by atoms with Gasteiger partial charge in [-0.15, -0.1) is 0 Å². The number of hydrogen-bond acceptors (Lipinski definition) is 4. The third-order valence-corrected chi connectivity index (χ3v) is 3.67. The van der Waals surface area contributed by atoms with Gasteiger partial charge in [0.15, 0.2) is 0 Å². The van der Waals surface area contributed by atoms with Crippen LogP contribution in [-0.2, 0) is 6.18 Å². The Balaban J connectivity index is 2.29. The number of benzene rings is 1. The van der Waals surface area contributed by atoms with E-state index in [1.54, 1.807) is 4.90 Å². The Kier molecular flexibility index (Phi) is 4.36. The van der Waals surface area contributed by atoms with Crippen molar-refractivity contribution in [3.8, 4) is 0 Å². The largest absolute Gasteiger partial charge is 0.423 e. The maximum atomic E-state index is 12.9. The van der Waals surface area contributed by atoms with E-state index in [4.69, 9.17) is 5.11 Å². The minimum atomic E-state index is -4.76. The average molecular weight is 304 g/mol. The summed E-state index contributed by atoms with van der Waals surface area (Å²) in [5.41, 5.74) is -1.83. The average Bonchev–Trinajstić information content (AvgIpc) is 2.86. The van der Waals surface area contributed by atoms with Gasteiger partial charge in [0, 0.05) is 31.5 Å². The molecule has 1 aliphatic rings. The Labute approximate surface area is 119 Å². The fourth-order valence-corrected chi connectivity index (χ4v) is 2.59. The molecular weight excluding hydrogens is 289 g/mol. The third-order valence-electron chi connectivity index (χ3n) is 3.67. The summed E-state index contributed by atoms with van der Waals surface area (Å²) in [5.74, 6) is 0.236. The quantitative estimate of drug-likeness (QED) is 0.686.